The predicted octanol–water partition coefficient (Wildman–Crippen LogP) is 21.0. The third-order valence-corrected chi connectivity index (χ3v) is 16.5. The number of benzene rings is 11. The Morgan fingerprint density at radius 2 is 0.883 bits per heavy atom. The van der Waals surface area contributed by atoms with E-state index in [1.165, 1.54) is 99.3 Å². The maximum absolute atomic E-state index is 2.54. The van der Waals surface area contributed by atoms with Crippen molar-refractivity contribution in [2.45, 2.75) is 71.6 Å². The summed E-state index contributed by atoms with van der Waals surface area (Å²) in [5.41, 5.74) is 24.2. The van der Waals surface area contributed by atoms with E-state index in [1.54, 1.807) is 0 Å². The van der Waals surface area contributed by atoms with E-state index >= 15 is 0 Å². The van der Waals surface area contributed by atoms with Gasteiger partial charge in [-0.05, 0) is 143 Å². The van der Waals surface area contributed by atoms with Crippen molar-refractivity contribution in [3.8, 4) is 61.3 Å². The third kappa shape index (κ3) is 8.09. The second kappa shape index (κ2) is 18.2. The number of anilines is 3. The van der Waals surface area contributed by atoms with Crippen LogP contribution in [0.3, 0.4) is 0 Å². The van der Waals surface area contributed by atoms with Gasteiger partial charge in [0.1, 0.15) is 0 Å². The van der Waals surface area contributed by atoms with Gasteiger partial charge < -0.3 is 9.47 Å². The van der Waals surface area contributed by atoms with Crippen LogP contribution in [0, 0.1) is 0 Å². The standard InChI is InChI=1S/C75H64N2/c1-73(2,3)53-44-52(45-54(48-53)74(4,5)6)59-34-21-24-49-25-22-36-63(71(49)59)62-32-14-18-39-68(62)77(67-38-17-13-30-57(67)51-42-43-61-60-31-12-16-37-65(60)75(7,8)66(61)47-51)56-29-20-26-50(46-56)58-35-23-41-70-72(58)64-33-15-19-40-69(64)76(70)55-27-10-9-11-28-55/h9-48H,1-8H3. The normalized spacial score (nSPS) is 13.0. The molecule has 0 N–H and O–H groups in total. The molecule has 0 fully saturated rings. The maximum atomic E-state index is 2.54. The van der Waals surface area contributed by atoms with Crippen LogP contribution < -0.4 is 4.90 Å². The van der Waals surface area contributed by atoms with Crippen LogP contribution in [0.25, 0.3) is 93.9 Å². The van der Waals surface area contributed by atoms with E-state index in [9.17, 15) is 0 Å². The highest BCUT2D eigenvalue weighted by Gasteiger charge is 2.36. The Hall–Kier alpha value is -8.72. The Morgan fingerprint density at radius 3 is 1.61 bits per heavy atom. The van der Waals surface area contributed by atoms with Crippen LogP contribution >= 0.6 is 0 Å². The number of para-hydroxylation sites is 4. The van der Waals surface area contributed by atoms with E-state index in [0.717, 1.165) is 33.9 Å². The van der Waals surface area contributed by atoms with Crippen molar-refractivity contribution in [3.05, 3.63) is 265 Å². The topological polar surface area (TPSA) is 8.17 Å². The molecule has 0 aliphatic heterocycles. The number of aromatic nitrogens is 1. The molecule has 1 aromatic heterocycles. The lowest BCUT2D eigenvalue weighted by molar-refractivity contribution is 0.569. The van der Waals surface area contributed by atoms with Gasteiger partial charge in [-0.25, -0.2) is 0 Å². The Labute approximate surface area is 454 Å². The van der Waals surface area contributed by atoms with Crippen LogP contribution in [0.5, 0.6) is 0 Å². The average Bonchev–Trinajstić information content (AvgIpc) is 4.05. The molecular formula is C75H64N2. The van der Waals surface area contributed by atoms with E-state index in [4.69, 9.17) is 0 Å². The molecule has 374 valence electrons. The van der Waals surface area contributed by atoms with Crippen molar-refractivity contribution in [1.29, 1.82) is 0 Å². The minimum atomic E-state index is -0.145. The highest BCUT2D eigenvalue weighted by molar-refractivity contribution is 6.16. The fourth-order valence-corrected chi connectivity index (χ4v) is 12.5. The summed E-state index contributed by atoms with van der Waals surface area (Å²) in [5, 5.41) is 4.94. The summed E-state index contributed by atoms with van der Waals surface area (Å²) in [5.74, 6) is 0. The van der Waals surface area contributed by atoms with Gasteiger partial charge in [-0.15, -0.1) is 0 Å². The van der Waals surface area contributed by atoms with Gasteiger partial charge in [0.25, 0.3) is 0 Å². The van der Waals surface area contributed by atoms with Gasteiger partial charge in [-0.1, -0.05) is 243 Å². The summed E-state index contributed by atoms with van der Waals surface area (Å²) < 4.78 is 2.41. The zero-order valence-corrected chi connectivity index (χ0v) is 45.5. The van der Waals surface area contributed by atoms with E-state index in [1.807, 2.05) is 0 Å². The third-order valence-electron chi connectivity index (χ3n) is 16.5. The van der Waals surface area contributed by atoms with Gasteiger partial charge >= 0.3 is 0 Å². The summed E-state index contributed by atoms with van der Waals surface area (Å²) in [4.78, 5) is 2.54. The molecule has 1 aliphatic carbocycles. The predicted molar refractivity (Wildman–Crippen MR) is 330 cm³/mol. The Bertz CT molecular complexity index is 4230. The molecule has 13 rings (SSSR count). The molecule has 0 atom stereocenters. The van der Waals surface area contributed by atoms with Gasteiger partial charge in [0, 0.05) is 38.7 Å². The first kappa shape index (κ1) is 48.0. The lowest BCUT2D eigenvalue weighted by Crippen LogP contribution is -2.16. The molecule has 0 spiro atoms. The maximum Gasteiger partial charge on any atom is 0.0547 e. The second-order valence-electron chi connectivity index (χ2n) is 23.7. The molecule has 2 heteroatoms. The number of hydrogen-bond acceptors (Lipinski definition) is 1. The quantitative estimate of drug-likeness (QED) is 0.147. The largest absolute Gasteiger partial charge is 0.309 e. The molecule has 0 radical (unpaired) electrons. The molecule has 0 unspecified atom stereocenters. The molecule has 12 aromatic rings. The van der Waals surface area contributed by atoms with Crippen LogP contribution in [0.1, 0.15) is 77.6 Å². The molecule has 0 bridgehead atoms. The minimum Gasteiger partial charge on any atom is -0.309 e. The molecule has 0 amide bonds. The first-order valence-electron chi connectivity index (χ1n) is 27.3. The molecule has 1 aliphatic rings. The Balaban J connectivity index is 1.06. The lowest BCUT2D eigenvalue weighted by Gasteiger charge is -2.31. The first-order chi connectivity index (χ1) is 37.2. The Kier molecular flexibility index (Phi) is 11.4. The van der Waals surface area contributed by atoms with Crippen LogP contribution in [0.15, 0.2) is 243 Å². The number of nitrogens with zero attached hydrogens (tertiary/aromatic N) is 2. The number of fused-ring (bicyclic) bond motifs is 7. The van der Waals surface area contributed by atoms with E-state index in [-0.39, 0.29) is 16.2 Å². The smallest absolute Gasteiger partial charge is 0.0547 e. The van der Waals surface area contributed by atoms with E-state index in [2.05, 4.69) is 308 Å². The first-order valence-corrected chi connectivity index (χ1v) is 27.3. The monoisotopic (exact) mass is 993 g/mol. The zero-order valence-electron chi connectivity index (χ0n) is 45.5. The zero-order chi connectivity index (χ0) is 52.8. The molecule has 2 nitrogen and oxygen atoms in total. The SMILES string of the molecule is CC(C)(C)c1cc(-c2cccc3cccc(-c4ccccc4N(c4cccc(-c5cccc6c5c5ccccc5n6-c5ccccc5)c4)c4ccccc4-c4ccc5c(c4)C(C)(C)c4ccccc4-5)c23)cc(C(C)(C)C)c1. The number of hydrogen-bond donors (Lipinski definition) is 0. The lowest BCUT2D eigenvalue weighted by atomic mass is 9.78. The van der Waals surface area contributed by atoms with Crippen LogP contribution in [-0.4, -0.2) is 4.57 Å². The van der Waals surface area contributed by atoms with Crippen molar-refractivity contribution in [1.82, 2.24) is 4.57 Å². The van der Waals surface area contributed by atoms with Gasteiger partial charge in [0.15, 0.2) is 0 Å². The van der Waals surface area contributed by atoms with Gasteiger partial charge in [0.05, 0.1) is 22.4 Å². The van der Waals surface area contributed by atoms with Gasteiger partial charge in [-0.2, -0.15) is 0 Å². The second-order valence-corrected chi connectivity index (χ2v) is 23.7. The van der Waals surface area contributed by atoms with Crippen molar-refractivity contribution in [3.63, 3.8) is 0 Å². The van der Waals surface area contributed by atoms with Crippen LogP contribution in [0.2, 0.25) is 0 Å². The van der Waals surface area contributed by atoms with E-state index < -0.39 is 0 Å². The summed E-state index contributed by atoms with van der Waals surface area (Å²) in [6, 6.07) is 90.9. The Morgan fingerprint density at radius 1 is 0.351 bits per heavy atom. The molecule has 0 saturated carbocycles. The summed E-state index contributed by atoms with van der Waals surface area (Å²) >= 11 is 0. The number of rotatable bonds is 8. The minimum absolute atomic E-state index is 0.0263. The highest BCUT2D eigenvalue weighted by Crippen LogP contribution is 2.52. The van der Waals surface area contributed by atoms with Crippen LogP contribution in [-0.2, 0) is 16.2 Å². The summed E-state index contributed by atoms with van der Waals surface area (Å²) in [7, 11) is 0. The fourth-order valence-electron chi connectivity index (χ4n) is 12.5. The van der Waals surface area contributed by atoms with Crippen LogP contribution in [0.4, 0.5) is 17.1 Å². The molecule has 1 heterocycles. The summed E-state index contributed by atoms with van der Waals surface area (Å²) in [6.07, 6.45) is 0. The van der Waals surface area contributed by atoms with E-state index in [0.29, 0.717) is 0 Å². The molecule has 0 saturated heterocycles. The van der Waals surface area contributed by atoms with Crippen molar-refractivity contribution in [2.75, 3.05) is 4.90 Å². The highest BCUT2D eigenvalue weighted by atomic mass is 15.1. The molecular weight excluding hydrogens is 929 g/mol. The summed E-state index contributed by atoms with van der Waals surface area (Å²) in [6.45, 7) is 18.7. The van der Waals surface area contributed by atoms with Gasteiger partial charge in [0.2, 0.25) is 0 Å². The fraction of sp³-hybridized carbons (Fsp3) is 0.147. The van der Waals surface area contributed by atoms with Crippen molar-refractivity contribution >= 4 is 49.6 Å². The average molecular weight is 993 g/mol. The molecule has 77 heavy (non-hydrogen) atoms. The molecule has 11 aromatic carbocycles. The van der Waals surface area contributed by atoms with Crippen molar-refractivity contribution in [2.24, 2.45) is 0 Å². The van der Waals surface area contributed by atoms with Gasteiger partial charge in [-0.3, -0.25) is 0 Å². The van der Waals surface area contributed by atoms with Crippen molar-refractivity contribution < 1.29 is 0 Å².